The minimum Gasteiger partial charge on any atom is -0.496 e. The maximum atomic E-state index is 12.4. The Morgan fingerprint density at radius 3 is 2.85 bits per heavy atom. The fourth-order valence-corrected chi connectivity index (χ4v) is 3.50. The summed E-state index contributed by atoms with van der Waals surface area (Å²) < 4.78 is 5.39. The molecule has 20 heavy (non-hydrogen) atoms. The number of rotatable bonds is 3. The summed E-state index contributed by atoms with van der Waals surface area (Å²) in [5.41, 5.74) is 7.97. The molecular weight excluding hydrogens is 252 g/mol. The van der Waals surface area contributed by atoms with Crippen LogP contribution in [-0.2, 0) is 11.2 Å². The number of carbonyl (C=O) groups is 1. The van der Waals surface area contributed by atoms with Crippen molar-refractivity contribution >= 4 is 5.91 Å². The Balaban J connectivity index is 1.77. The van der Waals surface area contributed by atoms with Crippen LogP contribution in [-0.4, -0.2) is 18.6 Å². The molecule has 0 spiro atoms. The van der Waals surface area contributed by atoms with Gasteiger partial charge in [-0.05, 0) is 42.9 Å². The number of fused-ring (bicyclic) bond motifs is 1. The maximum absolute atomic E-state index is 12.4. The summed E-state index contributed by atoms with van der Waals surface area (Å²) in [6.45, 7) is 0. The van der Waals surface area contributed by atoms with Crippen molar-refractivity contribution in [3.05, 3.63) is 29.3 Å². The highest BCUT2D eigenvalue weighted by Crippen LogP contribution is 2.37. The van der Waals surface area contributed by atoms with E-state index in [2.05, 4.69) is 11.4 Å². The number of nitrogens with one attached hydrogen (secondary N) is 1. The zero-order valence-electron chi connectivity index (χ0n) is 11.9. The topological polar surface area (TPSA) is 64.3 Å². The Morgan fingerprint density at radius 1 is 1.40 bits per heavy atom. The third kappa shape index (κ3) is 2.18. The zero-order chi connectivity index (χ0) is 14.2. The second-order valence-electron chi connectivity index (χ2n) is 5.96. The highest BCUT2D eigenvalue weighted by molar-refractivity contribution is 5.86. The number of nitrogens with two attached hydrogens (primary N) is 1. The third-order valence-corrected chi connectivity index (χ3v) is 4.70. The van der Waals surface area contributed by atoms with Crippen molar-refractivity contribution in [1.82, 2.24) is 5.32 Å². The molecule has 0 aromatic heterocycles. The lowest BCUT2D eigenvalue weighted by Crippen LogP contribution is -2.52. The highest BCUT2D eigenvalue weighted by atomic mass is 16.5. The van der Waals surface area contributed by atoms with Crippen LogP contribution in [0.5, 0.6) is 5.75 Å². The van der Waals surface area contributed by atoms with E-state index in [4.69, 9.17) is 10.5 Å². The van der Waals surface area contributed by atoms with Crippen molar-refractivity contribution in [3.63, 3.8) is 0 Å². The molecule has 2 aliphatic rings. The van der Waals surface area contributed by atoms with Crippen molar-refractivity contribution in [2.75, 3.05) is 7.11 Å². The molecule has 1 fully saturated rings. The van der Waals surface area contributed by atoms with E-state index in [1.54, 1.807) is 7.11 Å². The summed E-state index contributed by atoms with van der Waals surface area (Å²) in [7, 11) is 1.69. The smallest absolute Gasteiger partial charge is 0.240 e. The lowest BCUT2D eigenvalue weighted by molar-refractivity contribution is -0.126. The van der Waals surface area contributed by atoms with Crippen molar-refractivity contribution in [1.29, 1.82) is 0 Å². The van der Waals surface area contributed by atoms with E-state index in [1.807, 2.05) is 12.1 Å². The summed E-state index contributed by atoms with van der Waals surface area (Å²) in [5.74, 6) is 0.929. The normalized spacial score (nSPS) is 23.4. The fourth-order valence-electron chi connectivity index (χ4n) is 3.50. The average molecular weight is 274 g/mol. The molecule has 0 saturated heterocycles. The van der Waals surface area contributed by atoms with Crippen LogP contribution in [0.3, 0.4) is 0 Å². The van der Waals surface area contributed by atoms with E-state index in [1.165, 1.54) is 11.1 Å². The van der Waals surface area contributed by atoms with E-state index in [0.717, 1.165) is 44.3 Å². The van der Waals surface area contributed by atoms with Crippen LogP contribution in [0.4, 0.5) is 0 Å². The van der Waals surface area contributed by atoms with Crippen molar-refractivity contribution < 1.29 is 9.53 Å². The van der Waals surface area contributed by atoms with Crippen LogP contribution in [0.1, 0.15) is 49.3 Å². The fraction of sp³-hybridized carbons (Fsp3) is 0.562. The molecule has 0 bridgehead atoms. The van der Waals surface area contributed by atoms with Gasteiger partial charge in [-0.2, -0.15) is 0 Å². The van der Waals surface area contributed by atoms with Gasteiger partial charge in [0.25, 0.3) is 0 Å². The number of hydrogen-bond acceptors (Lipinski definition) is 3. The molecule has 1 unspecified atom stereocenters. The second kappa shape index (κ2) is 5.09. The summed E-state index contributed by atoms with van der Waals surface area (Å²) >= 11 is 0. The van der Waals surface area contributed by atoms with Gasteiger partial charge in [-0.1, -0.05) is 25.0 Å². The number of methoxy groups -OCH3 is 1. The summed E-state index contributed by atoms with van der Waals surface area (Å²) in [6, 6.07) is 6.11. The standard InChI is InChI=1S/C16H22N2O2/c1-20-14-6-4-5-11-12(14)7-8-13(11)18-15(19)16(17)9-2-3-10-16/h4-6,13H,2-3,7-10,17H2,1H3,(H,18,19). The molecule has 1 aromatic carbocycles. The molecule has 0 radical (unpaired) electrons. The molecule has 0 aliphatic heterocycles. The highest BCUT2D eigenvalue weighted by Gasteiger charge is 2.39. The molecule has 1 amide bonds. The summed E-state index contributed by atoms with van der Waals surface area (Å²) in [4.78, 5) is 12.4. The molecule has 1 aromatic rings. The number of hydrogen-bond donors (Lipinski definition) is 2. The molecule has 4 heteroatoms. The molecule has 2 aliphatic carbocycles. The Morgan fingerprint density at radius 2 is 2.15 bits per heavy atom. The van der Waals surface area contributed by atoms with Gasteiger partial charge in [-0.15, -0.1) is 0 Å². The van der Waals surface area contributed by atoms with Gasteiger partial charge in [0, 0.05) is 0 Å². The summed E-state index contributed by atoms with van der Waals surface area (Å²) in [5, 5.41) is 3.15. The van der Waals surface area contributed by atoms with E-state index < -0.39 is 5.54 Å². The third-order valence-electron chi connectivity index (χ3n) is 4.70. The zero-order valence-corrected chi connectivity index (χ0v) is 11.9. The van der Waals surface area contributed by atoms with Gasteiger partial charge in [0.2, 0.25) is 5.91 Å². The van der Waals surface area contributed by atoms with Gasteiger partial charge in [0.1, 0.15) is 5.75 Å². The molecular formula is C16H22N2O2. The van der Waals surface area contributed by atoms with Crippen molar-refractivity contribution in [3.8, 4) is 5.75 Å². The van der Waals surface area contributed by atoms with Crippen LogP contribution in [0.15, 0.2) is 18.2 Å². The number of amides is 1. The van der Waals surface area contributed by atoms with Crippen LogP contribution < -0.4 is 15.8 Å². The molecule has 4 nitrogen and oxygen atoms in total. The van der Waals surface area contributed by atoms with Gasteiger partial charge < -0.3 is 15.8 Å². The lowest BCUT2D eigenvalue weighted by atomic mass is 9.97. The average Bonchev–Trinajstić information content (AvgIpc) is 3.06. The first-order valence-electron chi connectivity index (χ1n) is 7.40. The predicted molar refractivity (Wildman–Crippen MR) is 77.6 cm³/mol. The monoisotopic (exact) mass is 274 g/mol. The van der Waals surface area contributed by atoms with Crippen LogP contribution in [0, 0.1) is 0 Å². The Labute approximate surface area is 119 Å². The van der Waals surface area contributed by atoms with Crippen LogP contribution in [0.2, 0.25) is 0 Å². The lowest BCUT2D eigenvalue weighted by Gasteiger charge is -2.25. The molecule has 3 rings (SSSR count). The van der Waals surface area contributed by atoms with Gasteiger partial charge in [0.05, 0.1) is 18.7 Å². The minimum absolute atomic E-state index is 0.00988. The molecule has 3 N–H and O–H groups in total. The largest absolute Gasteiger partial charge is 0.496 e. The van der Waals surface area contributed by atoms with E-state index in [0.29, 0.717) is 0 Å². The van der Waals surface area contributed by atoms with Gasteiger partial charge in [-0.3, -0.25) is 4.79 Å². The number of ether oxygens (including phenoxy) is 1. The number of benzene rings is 1. The van der Waals surface area contributed by atoms with Gasteiger partial charge >= 0.3 is 0 Å². The Hall–Kier alpha value is -1.55. The molecule has 108 valence electrons. The Bertz CT molecular complexity index is 521. The van der Waals surface area contributed by atoms with Gasteiger partial charge in [0.15, 0.2) is 0 Å². The Kier molecular flexibility index (Phi) is 3.42. The SMILES string of the molecule is COc1cccc2c1CCC2NC(=O)C1(N)CCCC1. The van der Waals surface area contributed by atoms with Crippen molar-refractivity contribution in [2.24, 2.45) is 5.73 Å². The van der Waals surface area contributed by atoms with Crippen molar-refractivity contribution in [2.45, 2.75) is 50.1 Å². The molecule has 1 saturated carbocycles. The first-order valence-corrected chi connectivity index (χ1v) is 7.40. The van der Waals surface area contributed by atoms with Crippen LogP contribution >= 0.6 is 0 Å². The molecule has 1 atom stereocenters. The first kappa shape index (κ1) is 13.4. The number of carbonyl (C=O) groups excluding carboxylic acids is 1. The van der Waals surface area contributed by atoms with E-state index in [9.17, 15) is 4.79 Å². The second-order valence-corrected chi connectivity index (χ2v) is 5.96. The minimum atomic E-state index is -0.651. The quantitative estimate of drug-likeness (QED) is 0.887. The molecule has 0 heterocycles. The first-order chi connectivity index (χ1) is 9.64. The van der Waals surface area contributed by atoms with Gasteiger partial charge in [-0.25, -0.2) is 0 Å². The van der Waals surface area contributed by atoms with E-state index >= 15 is 0 Å². The van der Waals surface area contributed by atoms with Crippen LogP contribution in [0.25, 0.3) is 0 Å². The summed E-state index contributed by atoms with van der Waals surface area (Å²) in [6.07, 6.45) is 5.59. The maximum Gasteiger partial charge on any atom is 0.240 e. The predicted octanol–water partition coefficient (Wildman–Crippen LogP) is 2.07. The van der Waals surface area contributed by atoms with E-state index in [-0.39, 0.29) is 11.9 Å².